The molecule has 0 saturated carbocycles. The number of imidazole rings is 1. The Balaban J connectivity index is 1.16. The standard InChI is InChI=1S/C36H37Cl2N7O4/c1-36(47)19-44(20-36)17-24-18-45-16-22(13-29(48-2)34(45)42-24)33-32(38)26(11-12-40-33)25-5-4-6-27(31(25)37)28-9-7-21(35(43-28)49-3)14-39-15-23-8-10-30(46)41-23/h4-7,9,11-13,16,18,23,39,47H,8,10,14-15,17,19-20H2,1-3H3,(H,41,46)/t23-/m0/s1. The van der Waals surface area contributed by atoms with E-state index in [1.807, 2.05) is 66.2 Å². The second kappa shape index (κ2) is 13.6. The molecule has 0 spiro atoms. The monoisotopic (exact) mass is 701 g/mol. The van der Waals surface area contributed by atoms with Crippen LogP contribution in [0.2, 0.25) is 10.0 Å². The molecule has 254 valence electrons. The van der Waals surface area contributed by atoms with Crippen LogP contribution in [0.5, 0.6) is 11.6 Å². The number of benzene rings is 1. The zero-order valence-electron chi connectivity index (χ0n) is 27.5. The van der Waals surface area contributed by atoms with Gasteiger partial charge in [-0.2, -0.15) is 0 Å². The number of hydrogen-bond donors (Lipinski definition) is 3. The Hall–Kier alpha value is -4.26. The van der Waals surface area contributed by atoms with Crippen molar-refractivity contribution < 1.29 is 19.4 Å². The summed E-state index contributed by atoms with van der Waals surface area (Å²) in [6, 6.07) is 13.5. The van der Waals surface area contributed by atoms with Gasteiger partial charge in [0.2, 0.25) is 11.8 Å². The maximum Gasteiger partial charge on any atom is 0.220 e. The number of rotatable bonds is 11. The van der Waals surface area contributed by atoms with E-state index < -0.39 is 5.60 Å². The molecule has 13 heteroatoms. The summed E-state index contributed by atoms with van der Waals surface area (Å²) in [5.74, 6) is 1.18. The largest absolute Gasteiger partial charge is 0.493 e. The molecular formula is C36H37Cl2N7O4. The first kappa shape index (κ1) is 33.2. The number of carbonyl (C=O) groups excluding carboxylic acids is 1. The van der Waals surface area contributed by atoms with E-state index in [2.05, 4.69) is 20.5 Å². The van der Waals surface area contributed by atoms with Gasteiger partial charge in [0, 0.05) is 91.6 Å². The van der Waals surface area contributed by atoms with Crippen LogP contribution in [-0.2, 0) is 17.9 Å². The average molecular weight is 703 g/mol. The van der Waals surface area contributed by atoms with Crippen molar-refractivity contribution in [2.45, 2.75) is 44.5 Å². The molecule has 49 heavy (non-hydrogen) atoms. The Morgan fingerprint density at radius 2 is 1.84 bits per heavy atom. The Morgan fingerprint density at radius 1 is 1.04 bits per heavy atom. The molecule has 2 aliphatic rings. The quantitative estimate of drug-likeness (QED) is 0.166. The van der Waals surface area contributed by atoms with Crippen molar-refractivity contribution >= 4 is 34.8 Å². The van der Waals surface area contributed by atoms with Crippen LogP contribution in [0, 0.1) is 0 Å². The summed E-state index contributed by atoms with van der Waals surface area (Å²) in [7, 11) is 3.21. The maximum atomic E-state index is 11.5. The van der Waals surface area contributed by atoms with E-state index in [1.165, 1.54) is 0 Å². The van der Waals surface area contributed by atoms with E-state index in [4.69, 9.17) is 42.6 Å². The first-order valence-electron chi connectivity index (χ1n) is 16.1. The van der Waals surface area contributed by atoms with Crippen LogP contribution in [0.3, 0.4) is 0 Å². The minimum absolute atomic E-state index is 0.0967. The van der Waals surface area contributed by atoms with Gasteiger partial charge < -0.3 is 29.6 Å². The number of amides is 1. The number of nitrogens with zero attached hydrogens (tertiary/aromatic N) is 5. The molecule has 2 aliphatic heterocycles. The molecule has 2 fully saturated rings. The van der Waals surface area contributed by atoms with Crippen molar-refractivity contribution in [1.29, 1.82) is 0 Å². The summed E-state index contributed by atoms with van der Waals surface area (Å²) in [5.41, 5.74) is 5.99. The van der Waals surface area contributed by atoms with E-state index in [-0.39, 0.29) is 11.9 Å². The minimum atomic E-state index is -0.650. The number of pyridine rings is 3. The van der Waals surface area contributed by atoms with Crippen molar-refractivity contribution in [3.05, 3.63) is 82.4 Å². The highest BCUT2D eigenvalue weighted by Crippen LogP contribution is 2.42. The predicted molar refractivity (Wildman–Crippen MR) is 189 cm³/mol. The lowest BCUT2D eigenvalue weighted by molar-refractivity contribution is -0.119. The number of carbonyl (C=O) groups is 1. The molecule has 1 aromatic carbocycles. The van der Waals surface area contributed by atoms with Gasteiger partial charge >= 0.3 is 0 Å². The molecule has 6 heterocycles. The number of methoxy groups -OCH3 is 2. The third kappa shape index (κ3) is 6.82. The Morgan fingerprint density at radius 3 is 2.57 bits per heavy atom. The Kier molecular flexibility index (Phi) is 9.21. The topological polar surface area (TPSA) is 126 Å². The molecule has 4 aromatic heterocycles. The molecular weight excluding hydrogens is 665 g/mol. The fourth-order valence-electron chi connectivity index (χ4n) is 6.66. The van der Waals surface area contributed by atoms with Gasteiger partial charge in [0.25, 0.3) is 0 Å². The van der Waals surface area contributed by atoms with E-state index in [0.29, 0.717) is 77.9 Å². The number of aromatic nitrogens is 4. The highest BCUT2D eigenvalue weighted by atomic mass is 35.5. The zero-order chi connectivity index (χ0) is 34.3. The van der Waals surface area contributed by atoms with Gasteiger partial charge in [0.1, 0.15) is 0 Å². The van der Waals surface area contributed by atoms with Crippen molar-refractivity contribution in [2.75, 3.05) is 33.9 Å². The minimum Gasteiger partial charge on any atom is -0.493 e. The molecule has 1 atom stereocenters. The molecule has 0 bridgehead atoms. The lowest BCUT2D eigenvalue weighted by Gasteiger charge is -2.43. The molecule has 2 saturated heterocycles. The van der Waals surface area contributed by atoms with Crippen molar-refractivity contribution in [3.63, 3.8) is 0 Å². The SMILES string of the molecule is COc1nc(-c2cccc(-c3ccnc(-c4cc(OC)c5nc(CN6CC(C)(O)C6)cn5c4)c3Cl)c2Cl)ccc1CNC[C@@H]1CCC(=O)N1. The smallest absolute Gasteiger partial charge is 0.220 e. The Bertz CT molecular complexity index is 2040. The summed E-state index contributed by atoms with van der Waals surface area (Å²) in [5, 5.41) is 17.4. The third-order valence-electron chi connectivity index (χ3n) is 8.95. The fraction of sp³-hybridized carbons (Fsp3) is 0.333. The third-order valence-corrected chi connectivity index (χ3v) is 9.74. The number of β-amino-alcohol motifs (C(OH)–C–C–N with tert-alkyl or cyclic N) is 1. The second-order valence-electron chi connectivity index (χ2n) is 12.9. The number of nitrogens with one attached hydrogen (secondary N) is 2. The van der Waals surface area contributed by atoms with Crippen molar-refractivity contribution in [1.82, 2.24) is 34.9 Å². The van der Waals surface area contributed by atoms with Crippen LogP contribution in [-0.4, -0.2) is 80.8 Å². The highest BCUT2D eigenvalue weighted by molar-refractivity contribution is 6.39. The second-order valence-corrected chi connectivity index (χ2v) is 13.6. The molecule has 1 amide bonds. The van der Waals surface area contributed by atoms with Crippen LogP contribution >= 0.6 is 23.2 Å². The van der Waals surface area contributed by atoms with Crippen LogP contribution in [0.15, 0.2) is 61.1 Å². The van der Waals surface area contributed by atoms with Gasteiger partial charge in [0.15, 0.2) is 11.4 Å². The average Bonchev–Trinajstić information content (AvgIpc) is 3.69. The zero-order valence-corrected chi connectivity index (χ0v) is 29.0. The van der Waals surface area contributed by atoms with E-state index >= 15 is 0 Å². The van der Waals surface area contributed by atoms with E-state index in [1.54, 1.807) is 20.4 Å². The molecule has 0 unspecified atom stereocenters. The highest BCUT2D eigenvalue weighted by Gasteiger charge is 2.36. The van der Waals surface area contributed by atoms with Crippen LogP contribution in [0.25, 0.3) is 39.3 Å². The number of hydrogen-bond acceptors (Lipinski definition) is 9. The van der Waals surface area contributed by atoms with Gasteiger partial charge in [-0.1, -0.05) is 47.5 Å². The summed E-state index contributed by atoms with van der Waals surface area (Å²) in [6.07, 6.45) is 7.02. The van der Waals surface area contributed by atoms with Crippen LogP contribution < -0.4 is 20.1 Å². The predicted octanol–water partition coefficient (Wildman–Crippen LogP) is 5.38. The maximum absolute atomic E-state index is 11.5. The first-order valence-corrected chi connectivity index (χ1v) is 16.9. The summed E-state index contributed by atoms with van der Waals surface area (Å²) < 4.78 is 13.3. The van der Waals surface area contributed by atoms with Gasteiger partial charge in [-0.15, -0.1) is 0 Å². The molecule has 0 aliphatic carbocycles. The fourth-order valence-corrected chi connectivity index (χ4v) is 7.31. The van der Waals surface area contributed by atoms with Gasteiger partial charge in [-0.25, -0.2) is 9.97 Å². The van der Waals surface area contributed by atoms with Gasteiger partial charge in [-0.3, -0.25) is 14.7 Å². The number of aliphatic hydroxyl groups is 1. The normalized spacial score (nSPS) is 17.3. The molecule has 7 rings (SSSR count). The van der Waals surface area contributed by atoms with Crippen LogP contribution in [0.1, 0.15) is 31.0 Å². The molecule has 5 aromatic rings. The van der Waals surface area contributed by atoms with E-state index in [9.17, 15) is 9.90 Å². The number of halogens is 2. The Labute approximate surface area is 294 Å². The van der Waals surface area contributed by atoms with Gasteiger partial charge in [-0.05, 0) is 31.5 Å². The van der Waals surface area contributed by atoms with Gasteiger partial charge in [0.05, 0.1) is 46.9 Å². The molecule has 11 nitrogen and oxygen atoms in total. The number of fused-ring (bicyclic) bond motifs is 1. The lowest BCUT2D eigenvalue weighted by atomic mass is 9.97. The summed E-state index contributed by atoms with van der Waals surface area (Å²) >= 11 is 14.2. The molecule has 0 radical (unpaired) electrons. The van der Waals surface area contributed by atoms with Crippen molar-refractivity contribution in [2.24, 2.45) is 0 Å². The summed E-state index contributed by atoms with van der Waals surface area (Å²) in [6.45, 7) is 4.90. The van der Waals surface area contributed by atoms with Crippen LogP contribution in [0.4, 0.5) is 0 Å². The first-order chi connectivity index (χ1) is 23.6. The summed E-state index contributed by atoms with van der Waals surface area (Å²) in [4.78, 5) is 27.9. The number of ether oxygens (including phenoxy) is 2. The van der Waals surface area contributed by atoms with Crippen molar-refractivity contribution in [3.8, 4) is 45.3 Å². The number of likely N-dealkylation sites (tertiary alicyclic amines) is 1. The lowest BCUT2D eigenvalue weighted by Crippen LogP contribution is -2.59. The molecule has 3 N–H and O–H groups in total. The van der Waals surface area contributed by atoms with E-state index in [0.717, 1.165) is 39.9 Å².